The number of nitrogens with one attached hydrogen (secondary N) is 1. The third-order valence-corrected chi connectivity index (χ3v) is 6.46. The molecule has 2 amide bonds. The van der Waals surface area contributed by atoms with Crippen molar-refractivity contribution in [2.24, 2.45) is 5.92 Å². The van der Waals surface area contributed by atoms with Crippen molar-refractivity contribution in [2.45, 2.75) is 32.5 Å². The molecular formula is C27H36FN3O5. The van der Waals surface area contributed by atoms with Crippen LogP contribution in [0.25, 0.3) is 0 Å². The average Bonchev–Trinajstić information content (AvgIpc) is 2.85. The predicted octanol–water partition coefficient (Wildman–Crippen LogP) is 3.42. The number of hydrogen-bond donors (Lipinski definition) is 1. The molecule has 1 heterocycles. The second kappa shape index (κ2) is 12.8. The minimum absolute atomic E-state index is 0.0537. The number of likely N-dealkylation sites (N-methyl/N-ethyl adjacent to an activating group) is 1. The SMILES string of the molecule is COCC(=O)Nc1ccc2c(c1)C(=O)N(C)C[C@H](OC)[C@@H](C)CN(Cc1ccccc1F)[C@H](C)CO2. The molecule has 3 rings (SSSR count). The molecule has 3 atom stereocenters. The van der Waals surface area contributed by atoms with Crippen molar-refractivity contribution in [3.05, 3.63) is 59.4 Å². The van der Waals surface area contributed by atoms with E-state index in [1.165, 1.54) is 13.2 Å². The topological polar surface area (TPSA) is 80.3 Å². The fourth-order valence-electron chi connectivity index (χ4n) is 4.32. The van der Waals surface area contributed by atoms with Crippen LogP contribution in [0, 0.1) is 11.7 Å². The number of amides is 2. The van der Waals surface area contributed by atoms with Crippen molar-refractivity contribution >= 4 is 17.5 Å². The third kappa shape index (κ3) is 7.02. The standard InChI is InChI=1S/C27H36FN3O5/c1-18-13-31(14-20-8-6-7-9-23(20)28)19(2)16-36-24-11-10-21(29-26(32)17-34-4)12-22(24)27(33)30(3)15-25(18)35-5/h6-12,18-19,25H,13-17H2,1-5H3,(H,29,32)/t18-,19+,25-/m0/s1. The lowest BCUT2D eigenvalue weighted by Crippen LogP contribution is -2.46. The second-order valence-corrected chi connectivity index (χ2v) is 9.31. The van der Waals surface area contributed by atoms with E-state index in [2.05, 4.69) is 17.1 Å². The van der Waals surface area contributed by atoms with Gasteiger partial charge < -0.3 is 24.4 Å². The van der Waals surface area contributed by atoms with Gasteiger partial charge in [-0.1, -0.05) is 25.1 Å². The molecule has 0 bridgehead atoms. The molecule has 2 aromatic carbocycles. The van der Waals surface area contributed by atoms with Gasteiger partial charge in [-0.3, -0.25) is 14.5 Å². The van der Waals surface area contributed by atoms with Gasteiger partial charge in [0.15, 0.2) is 0 Å². The second-order valence-electron chi connectivity index (χ2n) is 9.31. The molecule has 1 aliphatic rings. The molecular weight excluding hydrogens is 465 g/mol. The summed E-state index contributed by atoms with van der Waals surface area (Å²) in [5.74, 6) is -0.335. The maximum atomic E-state index is 14.5. The smallest absolute Gasteiger partial charge is 0.257 e. The highest BCUT2D eigenvalue weighted by molar-refractivity contribution is 5.99. The number of hydrogen-bond acceptors (Lipinski definition) is 6. The van der Waals surface area contributed by atoms with E-state index in [-0.39, 0.29) is 48.9 Å². The zero-order chi connectivity index (χ0) is 26.2. The van der Waals surface area contributed by atoms with Crippen LogP contribution < -0.4 is 10.1 Å². The van der Waals surface area contributed by atoms with Crippen molar-refractivity contribution in [1.82, 2.24) is 9.80 Å². The van der Waals surface area contributed by atoms with Crippen molar-refractivity contribution in [3.63, 3.8) is 0 Å². The first kappa shape index (κ1) is 27.6. The van der Waals surface area contributed by atoms with Crippen molar-refractivity contribution < 1.29 is 28.2 Å². The number of carbonyl (C=O) groups is 2. The maximum absolute atomic E-state index is 14.5. The van der Waals surface area contributed by atoms with Crippen LogP contribution in [0.5, 0.6) is 5.75 Å². The van der Waals surface area contributed by atoms with E-state index in [1.807, 2.05) is 13.0 Å². The first-order valence-electron chi connectivity index (χ1n) is 12.0. The molecule has 0 spiro atoms. The van der Waals surface area contributed by atoms with Crippen molar-refractivity contribution in [1.29, 1.82) is 0 Å². The summed E-state index contributed by atoms with van der Waals surface area (Å²) >= 11 is 0. The summed E-state index contributed by atoms with van der Waals surface area (Å²) in [6, 6.07) is 11.7. The molecule has 0 saturated heterocycles. The molecule has 36 heavy (non-hydrogen) atoms. The van der Waals surface area contributed by atoms with Crippen LogP contribution in [-0.2, 0) is 20.8 Å². The van der Waals surface area contributed by atoms with E-state index in [9.17, 15) is 14.0 Å². The van der Waals surface area contributed by atoms with Crippen LogP contribution in [0.2, 0.25) is 0 Å². The summed E-state index contributed by atoms with van der Waals surface area (Å²) in [5, 5.41) is 2.73. The summed E-state index contributed by atoms with van der Waals surface area (Å²) < 4.78 is 31.2. The lowest BCUT2D eigenvalue weighted by Gasteiger charge is -2.36. The Morgan fingerprint density at radius 2 is 1.92 bits per heavy atom. The summed E-state index contributed by atoms with van der Waals surface area (Å²) in [7, 11) is 4.79. The zero-order valence-electron chi connectivity index (χ0n) is 21.6. The fourth-order valence-corrected chi connectivity index (χ4v) is 4.32. The zero-order valence-corrected chi connectivity index (χ0v) is 21.6. The van der Waals surface area contributed by atoms with Crippen LogP contribution in [-0.4, -0.2) is 81.3 Å². The molecule has 0 radical (unpaired) electrons. The van der Waals surface area contributed by atoms with Gasteiger partial charge in [0.2, 0.25) is 5.91 Å². The van der Waals surface area contributed by atoms with E-state index in [4.69, 9.17) is 14.2 Å². The molecule has 9 heteroatoms. The van der Waals surface area contributed by atoms with Crippen LogP contribution in [0.4, 0.5) is 10.1 Å². The van der Waals surface area contributed by atoms with E-state index in [0.717, 1.165) is 0 Å². The van der Waals surface area contributed by atoms with E-state index in [0.29, 0.717) is 42.2 Å². The number of methoxy groups -OCH3 is 2. The summed E-state index contributed by atoms with van der Waals surface area (Å²) in [4.78, 5) is 29.2. The largest absolute Gasteiger partial charge is 0.491 e. The Bertz CT molecular complexity index is 1050. The third-order valence-electron chi connectivity index (χ3n) is 6.46. The molecule has 196 valence electrons. The van der Waals surface area contributed by atoms with Crippen LogP contribution >= 0.6 is 0 Å². The Morgan fingerprint density at radius 3 is 2.61 bits per heavy atom. The molecule has 1 N–H and O–H groups in total. The molecule has 0 aliphatic carbocycles. The molecule has 8 nitrogen and oxygen atoms in total. The molecule has 0 unspecified atom stereocenters. The van der Waals surface area contributed by atoms with Crippen molar-refractivity contribution in [3.8, 4) is 5.75 Å². The first-order chi connectivity index (χ1) is 17.2. The summed E-state index contributed by atoms with van der Waals surface area (Å²) in [6.45, 7) is 5.70. The summed E-state index contributed by atoms with van der Waals surface area (Å²) in [6.07, 6.45) is -0.234. The first-order valence-corrected chi connectivity index (χ1v) is 12.0. The number of carbonyl (C=O) groups excluding carboxylic acids is 2. The number of benzene rings is 2. The number of fused-ring (bicyclic) bond motifs is 1. The molecule has 2 aromatic rings. The Morgan fingerprint density at radius 1 is 1.17 bits per heavy atom. The van der Waals surface area contributed by atoms with Gasteiger partial charge in [0.1, 0.15) is 24.8 Å². The van der Waals surface area contributed by atoms with Crippen molar-refractivity contribution in [2.75, 3.05) is 52.9 Å². The summed E-state index contributed by atoms with van der Waals surface area (Å²) in [5.41, 5.74) is 1.42. The van der Waals surface area contributed by atoms with Gasteiger partial charge in [-0.15, -0.1) is 0 Å². The monoisotopic (exact) mass is 501 g/mol. The van der Waals surface area contributed by atoms with E-state index < -0.39 is 0 Å². The highest BCUT2D eigenvalue weighted by Crippen LogP contribution is 2.27. The van der Waals surface area contributed by atoms with Gasteiger partial charge >= 0.3 is 0 Å². The lowest BCUT2D eigenvalue weighted by atomic mass is 10.0. The van der Waals surface area contributed by atoms with Gasteiger partial charge in [0.25, 0.3) is 5.91 Å². The number of halogens is 1. The minimum Gasteiger partial charge on any atom is -0.491 e. The fraction of sp³-hybridized carbons (Fsp3) is 0.481. The predicted molar refractivity (Wildman–Crippen MR) is 136 cm³/mol. The highest BCUT2D eigenvalue weighted by Gasteiger charge is 2.29. The Hall–Kier alpha value is -3.01. The lowest BCUT2D eigenvalue weighted by molar-refractivity contribution is -0.119. The molecule has 0 fully saturated rings. The maximum Gasteiger partial charge on any atom is 0.257 e. The van der Waals surface area contributed by atoms with Gasteiger partial charge in [0.05, 0.1) is 11.7 Å². The number of rotatable bonds is 6. The molecule has 0 saturated carbocycles. The van der Waals surface area contributed by atoms with Crippen LogP contribution in [0.3, 0.4) is 0 Å². The minimum atomic E-state index is -0.321. The quantitative estimate of drug-likeness (QED) is 0.654. The van der Waals surface area contributed by atoms with Crippen LogP contribution in [0.15, 0.2) is 42.5 Å². The molecule has 0 aromatic heterocycles. The Kier molecular flexibility index (Phi) is 9.81. The number of nitrogens with zero attached hydrogens (tertiary/aromatic N) is 2. The van der Waals surface area contributed by atoms with Crippen LogP contribution in [0.1, 0.15) is 29.8 Å². The average molecular weight is 502 g/mol. The van der Waals surface area contributed by atoms with E-state index in [1.54, 1.807) is 49.4 Å². The highest BCUT2D eigenvalue weighted by atomic mass is 19.1. The van der Waals surface area contributed by atoms with E-state index >= 15 is 0 Å². The van der Waals surface area contributed by atoms with Gasteiger partial charge in [-0.05, 0) is 37.1 Å². The Balaban J connectivity index is 1.93. The number of ether oxygens (including phenoxy) is 3. The number of anilines is 1. The Labute approximate surface area is 212 Å². The van der Waals surface area contributed by atoms with Gasteiger partial charge in [-0.2, -0.15) is 0 Å². The normalized spacial score (nSPS) is 21.7. The van der Waals surface area contributed by atoms with Gasteiger partial charge in [-0.25, -0.2) is 4.39 Å². The van der Waals surface area contributed by atoms with Gasteiger partial charge in [0, 0.05) is 58.2 Å². The molecule has 1 aliphatic heterocycles.